The molecule has 0 radical (unpaired) electrons. The second-order valence-electron chi connectivity index (χ2n) is 10.3. The first-order valence-electron chi connectivity index (χ1n) is 13.8. The number of likely N-dealkylation sites (N-methyl/N-ethyl adjacent to an activating group) is 1. The van der Waals surface area contributed by atoms with E-state index >= 15 is 4.39 Å². The van der Waals surface area contributed by atoms with Crippen LogP contribution in [-0.4, -0.2) is 59.8 Å². The van der Waals surface area contributed by atoms with Crippen molar-refractivity contribution in [3.63, 3.8) is 0 Å². The topological polar surface area (TPSA) is 91.7 Å². The number of piperidine rings is 1. The van der Waals surface area contributed by atoms with Crippen molar-refractivity contribution in [1.82, 2.24) is 20.2 Å². The van der Waals surface area contributed by atoms with E-state index in [1.807, 2.05) is 42.3 Å². The van der Waals surface area contributed by atoms with E-state index in [4.69, 9.17) is 26.3 Å². The SMILES string of the molecule is C.CNC1CCCN(C(=O)c2ccc(Nc3ncc4c(n3)-c3ccc(Cl)cc3C(c3c(F)cccc3OC)=NC4)cc2)C1. The molecule has 222 valence electrons. The van der Waals surface area contributed by atoms with Crippen molar-refractivity contribution in [2.75, 3.05) is 32.6 Å². The second kappa shape index (κ2) is 12.9. The van der Waals surface area contributed by atoms with Gasteiger partial charge in [-0.05, 0) is 68.4 Å². The Morgan fingerprint density at radius 3 is 2.70 bits per heavy atom. The molecule has 1 atom stereocenters. The third-order valence-corrected chi connectivity index (χ3v) is 7.94. The Bertz CT molecular complexity index is 1680. The van der Waals surface area contributed by atoms with Crippen LogP contribution in [0.15, 0.2) is 71.9 Å². The molecule has 0 spiro atoms. The number of benzene rings is 3. The van der Waals surface area contributed by atoms with Crippen molar-refractivity contribution in [2.24, 2.45) is 4.99 Å². The highest BCUT2D eigenvalue weighted by Gasteiger charge is 2.26. The maximum absolute atomic E-state index is 15.1. The van der Waals surface area contributed by atoms with Crippen molar-refractivity contribution in [3.8, 4) is 17.0 Å². The first kappa shape index (κ1) is 30.1. The lowest BCUT2D eigenvalue weighted by Gasteiger charge is -2.32. The average Bonchev–Trinajstić information content (AvgIpc) is 3.17. The summed E-state index contributed by atoms with van der Waals surface area (Å²) >= 11 is 6.41. The zero-order valence-corrected chi connectivity index (χ0v) is 24.1. The van der Waals surface area contributed by atoms with Gasteiger partial charge in [0.1, 0.15) is 11.6 Å². The van der Waals surface area contributed by atoms with E-state index in [-0.39, 0.29) is 25.4 Å². The van der Waals surface area contributed by atoms with Gasteiger partial charge in [0.2, 0.25) is 5.95 Å². The third-order valence-electron chi connectivity index (χ3n) is 7.70. The molecule has 1 aromatic heterocycles. The van der Waals surface area contributed by atoms with E-state index in [0.717, 1.165) is 36.2 Å². The predicted molar refractivity (Wildman–Crippen MR) is 169 cm³/mol. The molecule has 8 nitrogen and oxygen atoms in total. The minimum atomic E-state index is -0.442. The van der Waals surface area contributed by atoms with Crippen molar-refractivity contribution >= 4 is 34.9 Å². The van der Waals surface area contributed by atoms with Crippen molar-refractivity contribution < 1.29 is 13.9 Å². The molecule has 0 aliphatic carbocycles. The van der Waals surface area contributed by atoms with Crippen LogP contribution in [0.2, 0.25) is 5.02 Å². The van der Waals surface area contributed by atoms with Crippen LogP contribution < -0.4 is 15.4 Å². The Labute approximate surface area is 256 Å². The number of carbonyl (C=O) groups excluding carboxylic acids is 1. The molecule has 2 aliphatic heterocycles. The lowest BCUT2D eigenvalue weighted by Crippen LogP contribution is -2.46. The lowest BCUT2D eigenvalue weighted by molar-refractivity contribution is 0.0698. The number of rotatable bonds is 6. The molecule has 3 heterocycles. The number of amides is 1. The van der Waals surface area contributed by atoms with Crippen LogP contribution in [0.25, 0.3) is 11.3 Å². The highest BCUT2D eigenvalue weighted by atomic mass is 35.5. The quantitative estimate of drug-likeness (QED) is 0.263. The summed E-state index contributed by atoms with van der Waals surface area (Å²) in [5.41, 5.74) is 4.95. The molecule has 6 rings (SSSR count). The highest BCUT2D eigenvalue weighted by molar-refractivity contribution is 6.31. The van der Waals surface area contributed by atoms with Crippen molar-refractivity contribution in [1.29, 1.82) is 0 Å². The Morgan fingerprint density at radius 2 is 1.93 bits per heavy atom. The molecule has 0 saturated carbocycles. The molecule has 1 amide bonds. The fourth-order valence-corrected chi connectivity index (χ4v) is 5.68. The molecular formula is C33H34ClFN6O2. The number of anilines is 2. The normalized spacial score (nSPS) is 15.8. The predicted octanol–water partition coefficient (Wildman–Crippen LogP) is 6.50. The number of nitrogens with one attached hydrogen (secondary N) is 2. The first-order chi connectivity index (χ1) is 20.4. The number of ether oxygens (including phenoxy) is 1. The summed E-state index contributed by atoms with van der Waals surface area (Å²) in [6.07, 6.45) is 3.79. The molecule has 3 aromatic carbocycles. The van der Waals surface area contributed by atoms with Gasteiger partial charge in [-0.3, -0.25) is 9.79 Å². The standard InChI is InChI=1S/C32H30ClFN6O2.CH4/c1-35-23-5-4-14-40(18-23)31(41)19-8-11-22(12-9-19)38-32-37-17-20-16-36-30(28-26(34)6-3-7-27(28)42-2)25-15-21(33)10-13-24(25)29(20)39-32;/h3,6-13,15,17,23,35H,4-5,14,16,18H2,1-2H3,(H,37,38,39);1H4. The molecule has 2 N–H and O–H groups in total. The fraction of sp³-hybridized carbons (Fsp3) is 0.273. The number of hydrogen-bond acceptors (Lipinski definition) is 7. The maximum atomic E-state index is 15.1. The van der Waals surface area contributed by atoms with E-state index in [2.05, 4.69) is 15.6 Å². The summed E-state index contributed by atoms with van der Waals surface area (Å²) in [5, 5.41) is 7.02. The van der Waals surface area contributed by atoms with Crippen LogP contribution in [0.1, 0.15) is 47.3 Å². The maximum Gasteiger partial charge on any atom is 0.253 e. The number of halogens is 2. The Kier molecular flexibility index (Phi) is 9.03. The third kappa shape index (κ3) is 6.09. The van der Waals surface area contributed by atoms with Crippen molar-refractivity contribution in [2.45, 2.75) is 32.9 Å². The number of hydrogen-bond donors (Lipinski definition) is 2. The van der Waals surface area contributed by atoms with E-state index in [9.17, 15) is 4.79 Å². The number of fused-ring (bicyclic) bond motifs is 3. The number of likely N-dealkylation sites (tertiary alicyclic amines) is 1. The largest absolute Gasteiger partial charge is 0.496 e. The number of aromatic nitrogens is 2. The molecule has 43 heavy (non-hydrogen) atoms. The summed E-state index contributed by atoms with van der Waals surface area (Å²) in [4.78, 5) is 29.1. The first-order valence-corrected chi connectivity index (χ1v) is 14.2. The zero-order valence-electron chi connectivity index (χ0n) is 23.3. The number of carbonyl (C=O) groups is 1. The summed E-state index contributed by atoms with van der Waals surface area (Å²) < 4.78 is 20.6. The van der Waals surface area contributed by atoms with Gasteiger partial charge >= 0.3 is 0 Å². The van der Waals surface area contributed by atoms with Gasteiger partial charge < -0.3 is 20.3 Å². The van der Waals surface area contributed by atoms with Gasteiger partial charge in [-0.15, -0.1) is 0 Å². The van der Waals surface area contributed by atoms with Crippen molar-refractivity contribution in [3.05, 3.63) is 100.0 Å². The van der Waals surface area contributed by atoms with Gasteiger partial charge in [0.25, 0.3) is 5.91 Å². The molecule has 2 aliphatic rings. The average molecular weight is 601 g/mol. The highest BCUT2D eigenvalue weighted by Crippen LogP contribution is 2.36. The lowest BCUT2D eigenvalue weighted by atomic mass is 9.94. The van der Waals surface area contributed by atoms with Crippen LogP contribution in [0.5, 0.6) is 5.75 Å². The van der Waals surface area contributed by atoms with Gasteiger partial charge in [0, 0.05) is 58.3 Å². The summed E-state index contributed by atoms with van der Waals surface area (Å²) in [6.45, 7) is 1.72. The van der Waals surface area contributed by atoms with E-state index < -0.39 is 5.82 Å². The minimum Gasteiger partial charge on any atom is -0.496 e. The Balaban J connectivity index is 0.00000368. The van der Waals surface area contributed by atoms with Crippen LogP contribution in [0.3, 0.4) is 0 Å². The number of aliphatic imine (C=N–C) groups is 1. The van der Waals surface area contributed by atoms with Gasteiger partial charge in [0.05, 0.1) is 30.6 Å². The summed E-state index contributed by atoms with van der Waals surface area (Å²) in [7, 11) is 3.44. The van der Waals surface area contributed by atoms with Crippen LogP contribution in [0.4, 0.5) is 16.0 Å². The Morgan fingerprint density at radius 1 is 1.12 bits per heavy atom. The molecule has 1 unspecified atom stereocenters. The van der Waals surface area contributed by atoms with Gasteiger partial charge in [0.15, 0.2) is 0 Å². The van der Waals surface area contributed by atoms with E-state index in [1.54, 1.807) is 30.5 Å². The molecular weight excluding hydrogens is 567 g/mol. The van der Waals surface area contributed by atoms with E-state index in [0.29, 0.717) is 51.8 Å². The van der Waals surface area contributed by atoms with Gasteiger partial charge in [-0.1, -0.05) is 31.2 Å². The minimum absolute atomic E-state index is 0. The molecule has 1 fully saturated rings. The fourth-order valence-electron chi connectivity index (χ4n) is 5.51. The number of methoxy groups -OCH3 is 1. The Hall–Kier alpha value is -4.34. The van der Waals surface area contributed by atoms with Crippen LogP contribution in [-0.2, 0) is 6.54 Å². The van der Waals surface area contributed by atoms with Crippen LogP contribution in [0, 0.1) is 5.82 Å². The van der Waals surface area contributed by atoms with E-state index in [1.165, 1.54) is 13.2 Å². The zero-order chi connectivity index (χ0) is 29.2. The van der Waals surface area contributed by atoms with Crippen LogP contribution >= 0.6 is 11.6 Å². The van der Waals surface area contributed by atoms with Gasteiger partial charge in [-0.25, -0.2) is 14.4 Å². The number of nitrogens with zero attached hydrogens (tertiary/aromatic N) is 4. The monoisotopic (exact) mass is 600 g/mol. The van der Waals surface area contributed by atoms with Gasteiger partial charge in [-0.2, -0.15) is 0 Å². The molecule has 4 aromatic rings. The molecule has 10 heteroatoms. The molecule has 1 saturated heterocycles. The summed E-state index contributed by atoms with van der Waals surface area (Å²) in [6, 6.07) is 17.7. The second-order valence-corrected chi connectivity index (χ2v) is 10.8. The molecule has 0 bridgehead atoms. The smallest absolute Gasteiger partial charge is 0.253 e. The summed E-state index contributed by atoms with van der Waals surface area (Å²) in [5.74, 6) is 0.347.